The number of carbonyl (C=O) groups excluding carboxylic acids is 1. The number of fused-ring (bicyclic) bond motifs is 1. The first kappa shape index (κ1) is 12.4. The molecule has 0 aliphatic carbocycles. The third-order valence-corrected chi connectivity index (χ3v) is 3.16. The Morgan fingerprint density at radius 1 is 1.35 bits per heavy atom. The van der Waals surface area contributed by atoms with Crippen LogP contribution in [0.2, 0.25) is 0 Å². The number of benzene rings is 1. The van der Waals surface area contributed by atoms with Crippen LogP contribution in [0, 0.1) is 0 Å². The highest BCUT2D eigenvalue weighted by atomic mass is 16.1. The number of hydrogen-bond donors (Lipinski definition) is 2. The first-order valence-electron chi connectivity index (χ1n) is 6.49. The van der Waals surface area contributed by atoms with Gasteiger partial charge in [0.1, 0.15) is 0 Å². The molecule has 0 radical (unpaired) electrons. The molecule has 0 unspecified atom stereocenters. The van der Waals surface area contributed by atoms with E-state index in [9.17, 15) is 4.79 Å². The molecule has 0 aliphatic heterocycles. The zero-order valence-corrected chi connectivity index (χ0v) is 10.9. The van der Waals surface area contributed by atoms with E-state index >= 15 is 0 Å². The van der Waals surface area contributed by atoms with Crippen LogP contribution in [0.5, 0.6) is 0 Å². The van der Waals surface area contributed by atoms with E-state index in [2.05, 4.69) is 20.6 Å². The molecule has 3 rings (SSSR count). The van der Waals surface area contributed by atoms with E-state index in [1.165, 1.54) is 0 Å². The molecule has 0 saturated heterocycles. The standard InChI is InChI=1S/C14H15N5O/c20-14(15-5-7-19-8-6-17-18-19)9-11-10-16-13-4-2-1-3-12(11)13/h1-4,6,8,10,16H,5,7,9H2,(H,15,20). The fraction of sp³-hybridized carbons (Fsp3) is 0.214. The van der Waals surface area contributed by atoms with Gasteiger partial charge in [-0.3, -0.25) is 9.48 Å². The zero-order valence-electron chi connectivity index (χ0n) is 10.9. The largest absolute Gasteiger partial charge is 0.361 e. The van der Waals surface area contributed by atoms with Crippen molar-refractivity contribution in [2.75, 3.05) is 6.54 Å². The number of carbonyl (C=O) groups is 1. The van der Waals surface area contributed by atoms with Crippen molar-refractivity contribution in [3.63, 3.8) is 0 Å². The lowest BCUT2D eigenvalue weighted by atomic mass is 10.1. The summed E-state index contributed by atoms with van der Waals surface area (Å²) in [4.78, 5) is 15.1. The van der Waals surface area contributed by atoms with Crippen LogP contribution < -0.4 is 5.32 Å². The molecule has 1 aromatic carbocycles. The SMILES string of the molecule is O=C(Cc1c[nH]c2ccccc12)NCCn1ccnn1. The molecule has 0 spiro atoms. The van der Waals surface area contributed by atoms with Crippen molar-refractivity contribution in [2.45, 2.75) is 13.0 Å². The van der Waals surface area contributed by atoms with Gasteiger partial charge in [-0.25, -0.2) is 0 Å². The van der Waals surface area contributed by atoms with Crippen molar-refractivity contribution >= 4 is 16.8 Å². The van der Waals surface area contributed by atoms with Crippen LogP contribution in [-0.2, 0) is 17.8 Å². The molecular weight excluding hydrogens is 254 g/mol. The van der Waals surface area contributed by atoms with Gasteiger partial charge in [0.15, 0.2) is 0 Å². The van der Waals surface area contributed by atoms with E-state index in [1.54, 1.807) is 17.1 Å². The van der Waals surface area contributed by atoms with Gasteiger partial charge >= 0.3 is 0 Å². The molecule has 6 nitrogen and oxygen atoms in total. The number of nitrogens with one attached hydrogen (secondary N) is 2. The monoisotopic (exact) mass is 269 g/mol. The second-order valence-corrected chi connectivity index (χ2v) is 4.55. The van der Waals surface area contributed by atoms with Crippen LogP contribution in [0.25, 0.3) is 10.9 Å². The highest BCUT2D eigenvalue weighted by Crippen LogP contribution is 2.17. The Balaban J connectivity index is 1.56. The van der Waals surface area contributed by atoms with Gasteiger partial charge < -0.3 is 10.3 Å². The van der Waals surface area contributed by atoms with Gasteiger partial charge in [0.2, 0.25) is 5.91 Å². The maximum atomic E-state index is 11.9. The summed E-state index contributed by atoms with van der Waals surface area (Å²) in [7, 11) is 0. The van der Waals surface area contributed by atoms with Crippen molar-refractivity contribution < 1.29 is 4.79 Å². The zero-order chi connectivity index (χ0) is 13.8. The molecule has 102 valence electrons. The summed E-state index contributed by atoms with van der Waals surface area (Å²) < 4.78 is 1.69. The summed E-state index contributed by atoms with van der Waals surface area (Å²) in [5, 5.41) is 11.5. The van der Waals surface area contributed by atoms with Crippen LogP contribution in [0.15, 0.2) is 42.9 Å². The van der Waals surface area contributed by atoms with Gasteiger partial charge in [-0.05, 0) is 11.6 Å². The van der Waals surface area contributed by atoms with Crippen LogP contribution in [0.4, 0.5) is 0 Å². The summed E-state index contributed by atoms with van der Waals surface area (Å²) in [5.74, 6) is 0.00914. The smallest absolute Gasteiger partial charge is 0.224 e. The topological polar surface area (TPSA) is 75.6 Å². The quantitative estimate of drug-likeness (QED) is 0.728. The van der Waals surface area contributed by atoms with E-state index < -0.39 is 0 Å². The molecule has 1 amide bonds. The number of rotatable bonds is 5. The summed E-state index contributed by atoms with van der Waals surface area (Å²) >= 11 is 0. The lowest BCUT2D eigenvalue weighted by Crippen LogP contribution is -2.28. The number of hydrogen-bond acceptors (Lipinski definition) is 3. The third kappa shape index (κ3) is 2.69. The Labute approximate surface area is 115 Å². The summed E-state index contributed by atoms with van der Waals surface area (Å²) in [6.07, 6.45) is 5.66. The molecule has 20 heavy (non-hydrogen) atoms. The van der Waals surface area contributed by atoms with Gasteiger partial charge in [0.05, 0.1) is 19.2 Å². The van der Waals surface area contributed by atoms with E-state index in [0.717, 1.165) is 16.5 Å². The molecule has 2 aromatic heterocycles. The lowest BCUT2D eigenvalue weighted by Gasteiger charge is -2.04. The van der Waals surface area contributed by atoms with Crippen molar-refractivity contribution in [1.82, 2.24) is 25.3 Å². The summed E-state index contributed by atoms with van der Waals surface area (Å²) in [5.41, 5.74) is 2.07. The Hall–Kier alpha value is -2.63. The highest BCUT2D eigenvalue weighted by molar-refractivity contribution is 5.88. The maximum absolute atomic E-state index is 11.9. The minimum atomic E-state index is 0.00914. The number of para-hydroxylation sites is 1. The Morgan fingerprint density at radius 3 is 3.10 bits per heavy atom. The third-order valence-electron chi connectivity index (χ3n) is 3.16. The molecule has 0 saturated carbocycles. The molecule has 3 aromatic rings. The molecule has 6 heteroatoms. The average Bonchev–Trinajstić information content (AvgIpc) is 3.09. The predicted octanol–water partition coefficient (Wildman–Crippen LogP) is 1.12. The first-order chi connectivity index (χ1) is 9.83. The number of aromatic nitrogens is 4. The van der Waals surface area contributed by atoms with Crippen molar-refractivity contribution in [3.05, 3.63) is 48.4 Å². The Morgan fingerprint density at radius 2 is 2.25 bits per heavy atom. The second-order valence-electron chi connectivity index (χ2n) is 4.55. The van der Waals surface area contributed by atoms with E-state index in [0.29, 0.717) is 19.5 Å². The molecule has 0 fully saturated rings. The molecule has 0 atom stereocenters. The number of H-pyrrole nitrogens is 1. The molecular formula is C14H15N5O. The van der Waals surface area contributed by atoms with E-state index in [1.807, 2.05) is 30.5 Å². The Bertz CT molecular complexity index is 701. The maximum Gasteiger partial charge on any atom is 0.224 e. The summed E-state index contributed by atoms with van der Waals surface area (Å²) in [6.45, 7) is 1.17. The van der Waals surface area contributed by atoms with E-state index in [-0.39, 0.29) is 5.91 Å². The number of aromatic amines is 1. The normalized spacial score (nSPS) is 10.8. The fourth-order valence-corrected chi connectivity index (χ4v) is 2.18. The van der Waals surface area contributed by atoms with Crippen LogP contribution in [-0.4, -0.2) is 32.4 Å². The molecule has 0 aliphatic rings. The van der Waals surface area contributed by atoms with E-state index in [4.69, 9.17) is 0 Å². The van der Waals surface area contributed by atoms with Crippen LogP contribution in [0.3, 0.4) is 0 Å². The molecule has 2 heterocycles. The van der Waals surface area contributed by atoms with Crippen molar-refractivity contribution in [2.24, 2.45) is 0 Å². The molecule has 0 bridgehead atoms. The number of nitrogens with zero attached hydrogens (tertiary/aromatic N) is 3. The second kappa shape index (κ2) is 5.56. The van der Waals surface area contributed by atoms with Crippen LogP contribution >= 0.6 is 0 Å². The van der Waals surface area contributed by atoms with Gasteiger partial charge in [0.25, 0.3) is 0 Å². The summed E-state index contributed by atoms with van der Waals surface area (Å²) in [6, 6.07) is 7.97. The predicted molar refractivity (Wildman–Crippen MR) is 75.0 cm³/mol. The minimum absolute atomic E-state index is 0.00914. The fourth-order valence-electron chi connectivity index (χ4n) is 2.18. The van der Waals surface area contributed by atoms with Gasteiger partial charge in [0, 0.05) is 29.8 Å². The number of amides is 1. The van der Waals surface area contributed by atoms with Gasteiger partial charge in [-0.2, -0.15) is 0 Å². The van der Waals surface area contributed by atoms with Gasteiger partial charge in [-0.1, -0.05) is 23.4 Å². The van der Waals surface area contributed by atoms with Gasteiger partial charge in [-0.15, -0.1) is 5.10 Å². The Kier molecular flexibility index (Phi) is 3.45. The minimum Gasteiger partial charge on any atom is -0.361 e. The lowest BCUT2D eigenvalue weighted by molar-refractivity contribution is -0.120. The van der Waals surface area contributed by atoms with Crippen molar-refractivity contribution in [1.29, 1.82) is 0 Å². The first-order valence-corrected chi connectivity index (χ1v) is 6.49. The van der Waals surface area contributed by atoms with Crippen LogP contribution in [0.1, 0.15) is 5.56 Å². The molecule has 2 N–H and O–H groups in total. The average molecular weight is 269 g/mol. The highest BCUT2D eigenvalue weighted by Gasteiger charge is 2.07. The van der Waals surface area contributed by atoms with Crippen molar-refractivity contribution in [3.8, 4) is 0 Å².